The lowest BCUT2D eigenvalue weighted by Crippen LogP contribution is -2.62. The van der Waals surface area contributed by atoms with E-state index in [0.717, 1.165) is 69.8 Å². The van der Waals surface area contributed by atoms with Crippen molar-refractivity contribution in [1.29, 1.82) is 0 Å². The van der Waals surface area contributed by atoms with Gasteiger partial charge in [-0.25, -0.2) is 0 Å². The first-order valence-electron chi connectivity index (χ1n) is 14.7. The van der Waals surface area contributed by atoms with Gasteiger partial charge in [-0.3, -0.25) is 4.90 Å². The van der Waals surface area contributed by atoms with Gasteiger partial charge < -0.3 is 24.2 Å². The number of ether oxygens (including phenoxy) is 2. The minimum Gasteiger partial charge on any atom is -0.485 e. The number of nitrogens with zero attached hydrogens (tertiary/aromatic N) is 3. The van der Waals surface area contributed by atoms with Crippen LogP contribution in [0, 0.1) is 5.92 Å². The first-order valence-corrected chi connectivity index (χ1v) is 14.7. The van der Waals surface area contributed by atoms with Gasteiger partial charge in [-0.1, -0.05) is 48.5 Å². The maximum absolute atomic E-state index is 11.9. The maximum Gasteiger partial charge on any atom is 0.228 e. The third-order valence-electron chi connectivity index (χ3n) is 9.76. The number of rotatable bonds is 8. The molecule has 2 N–H and O–H groups in total. The summed E-state index contributed by atoms with van der Waals surface area (Å²) in [4.78, 5) is 6.86. The molecule has 4 unspecified atom stereocenters. The van der Waals surface area contributed by atoms with E-state index in [1.54, 1.807) is 6.92 Å². The van der Waals surface area contributed by atoms with Gasteiger partial charge in [-0.2, -0.15) is 4.98 Å². The molecule has 3 aromatic rings. The average Bonchev–Trinajstić information content (AvgIpc) is 3.44. The second kappa shape index (κ2) is 10.9. The number of fused-ring (bicyclic) bond motifs is 3. The van der Waals surface area contributed by atoms with Crippen LogP contribution in [0.25, 0.3) is 0 Å². The van der Waals surface area contributed by atoms with Crippen LogP contribution in [-0.4, -0.2) is 63.7 Å². The minimum absolute atomic E-state index is 0.195. The molecule has 1 saturated carbocycles. The Morgan fingerprint density at radius 3 is 2.67 bits per heavy atom. The van der Waals surface area contributed by atoms with E-state index in [1.165, 1.54) is 11.1 Å². The molecule has 2 fully saturated rings. The number of hydrogen-bond donors (Lipinski definition) is 2. The number of hydrogen-bond acceptors (Lipinski definition) is 8. The Balaban J connectivity index is 1.15. The normalized spacial score (nSPS) is 30.4. The number of aliphatic hydroxyl groups is 2. The van der Waals surface area contributed by atoms with E-state index in [1.807, 2.05) is 36.4 Å². The van der Waals surface area contributed by atoms with Gasteiger partial charge >= 0.3 is 0 Å². The zero-order valence-corrected chi connectivity index (χ0v) is 23.6. The van der Waals surface area contributed by atoms with E-state index in [9.17, 15) is 10.2 Å². The van der Waals surface area contributed by atoms with Crippen molar-refractivity contribution in [2.24, 2.45) is 5.92 Å². The molecule has 4 atom stereocenters. The van der Waals surface area contributed by atoms with Crippen molar-refractivity contribution >= 4 is 0 Å². The second-order valence-corrected chi connectivity index (χ2v) is 12.0. The van der Waals surface area contributed by atoms with E-state index in [2.05, 4.69) is 34.1 Å². The summed E-state index contributed by atoms with van der Waals surface area (Å²) in [5, 5.41) is 27.8. The molecule has 1 saturated heterocycles. The number of aromatic nitrogens is 2. The van der Waals surface area contributed by atoms with Crippen LogP contribution in [0.4, 0.5) is 0 Å². The molecular formula is C32H41N3O5. The highest BCUT2D eigenvalue weighted by Crippen LogP contribution is 2.60. The van der Waals surface area contributed by atoms with Crippen LogP contribution in [0.5, 0.6) is 5.75 Å². The van der Waals surface area contributed by atoms with Crippen LogP contribution in [0.2, 0.25) is 0 Å². The Kier molecular flexibility index (Phi) is 7.46. The predicted octanol–water partition coefficient (Wildman–Crippen LogP) is 4.17. The van der Waals surface area contributed by atoms with Crippen LogP contribution < -0.4 is 4.74 Å². The molecule has 2 aromatic carbocycles. The smallest absolute Gasteiger partial charge is 0.228 e. The molecular weight excluding hydrogens is 506 g/mol. The van der Waals surface area contributed by atoms with E-state index in [-0.39, 0.29) is 17.9 Å². The van der Waals surface area contributed by atoms with E-state index in [4.69, 9.17) is 14.0 Å². The van der Waals surface area contributed by atoms with Gasteiger partial charge in [0.05, 0.1) is 18.8 Å². The van der Waals surface area contributed by atoms with Crippen LogP contribution in [0.1, 0.15) is 67.9 Å². The largest absolute Gasteiger partial charge is 0.485 e. The molecule has 0 bridgehead atoms. The summed E-state index contributed by atoms with van der Waals surface area (Å²) in [6, 6.07) is 16.0. The molecule has 3 aliphatic rings. The molecule has 8 nitrogen and oxygen atoms in total. The highest BCUT2D eigenvalue weighted by atomic mass is 16.5. The summed E-state index contributed by atoms with van der Waals surface area (Å²) in [5.41, 5.74) is 0.603. The number of morpholine rings is 1. The Morgan fingerprint density at radius 1 is 1.10 bits per heavy atom. The first kappa shape index (κ1) is 27.4. The molecule has 2 aliphatic carbocycles. The monoisotopic (exact) mass is 547 g/mol. The predicted molar refractivity (Wildman–Crippen MR) is 150 cm³/mol. The summed E-state index contributed by atoms with van der Waals surface area (Å²) in [6.07, 6.45) is 4.56. The highest BCUT2D eigenvalue weighted by Gasteiger charge is 2.60. The molecule has 0 radical (unpaired) electrons. The van der Waals surface area contributed by atoms with Crippen molar-refractivity contribution in [2.75, 3.05) is 32.8 Å². The third-order valence-corrected chi connectivity index (χ3v) is 9.76. The van der Waals surface area contributed by atoms with Crippen molar-refractivity contribution < 1.29 is 24.2 Å². The Hall–Kier alpha value is -2.78. The molecule has 1 aliphatic heterocycles. The van der Waals surface area contributed by atoms with E-state index >= 15 is 0 Å². The summed E-state index contributed by atoms with van der Waals surface area (Å²) >= 11 is 0. The molecule has 214 valence electrons. The van der Waals surface area contributed by atoms with Crippen LogP contribution in [0.3, 0.4) is 0 Å². The number of aryl methyl sites for hydroxylation is 1. The lowest BCUT2D eigenvalue weighted by Gasteiger charge is -2.59. The first-order chi connectivity index (χ1) is 19.3. The van der Waals surface area contributed by atoms with Crippen LogP contribution in [-0.2, 0) is 35.2 Å². The fourth-order valence-electron chi connectivity index (χ4n) is 7.48. The van der Waals surface area contributed by atoms with E-state index < -0.39 is 11.2 Å². The van der Waals surface area contributed by atoms with Gasteiger partial charge in [0.2, 0.25) is 11.7 Å². The lowest BCUT2D eigenvalue weighted by atomic mass is 9.49. The maximum atomic E-state index is 11.9. The minimum atomic E-state index is -1.27. The van der Waals surface area contributed by atoms with Gasteiger partial charge in [0.15, 0.2) is 6.61 Å². The molecule has 0 spiro atoms. The third kappa shape index (κ3) is 4.96. The fraction of sp³-hybridized carbons (Fsp3) is 0.562. The molecule has 8 heteroatoms. The molecule has 6 rings (SSSR count). The highest BCUT2D eigenvalue weighted by molar-refractivity contribution is 5.45. The molecule has 2 heterocycles. The van der Waals surface area contributed by atoms with Crippen molar-refractivity contribution in [1.82, 2.24) is 15.0 Å². The van der Waals surface area contributed by atoms with Gasteiger partial charge in [-0.05, 0) is 73.8 Å². The number of benzene rings is 2. The molecule has 0 amide bonds. The van der Waals surface area contributed by atoms with Crippen molar-refractivity contribution in [3.8, 4) is 5.75 Å². The van der Waals surface area contributed by atoms with Crippen LogP contribution in [0.15, 0.2) is 53.1 Å². The average molecular weight is 548 g/mol. The standard InChI is InChI=1S/C32H41N3O5/c1-3-31-22-30(2,36)32(37,24-7-5-4-6-8-24)20-25(31)10-9-23-19-26(11-12-27(23)31)39-21-28-33-29(40-34-28)13-14-35-15-17-38-18-16-35/h4-8,11-12,19,25,36-37H,3,9-10,13-18,20-22H2,1-2H3. The quantitative estimate of drug-likeness (QED) is 0.434. The van der Waals surface area contributed by atoms with Gasteiger partial charge in [-0.15, -0.1) is 0 Å². The fourth-order valence-corrected chi connectivity index (χ4v) is 7.48. The van der Waals surface area contributed by atoms with Gasteiger partial charge in [0.1, 0.15) is 11.4 Å². The summed E-state index contributed by atoms with van der Waals surface area (Å²) in [7, 11) is 0. The van der Waals surface area contributed by atoms with Gasteiger partial charge in [0.25, 0.3) is 0 Å². The second-order valence-electron chi connectivity index (χ2n) is 12.0. The van der Waals surface area contributed by atoms with Crippen molar-refractivity contribution in [3.05, 3.63) is 76.9 Å². The Labute approximate surface area is 236 Å². The van der Waals surface area contributed by atoms with E-state index in [0.29, 0.717) is 24.6 Å². The molecule has 40 heavy (non-hydrogen) atoms. The topological polar surface area (TPSA) is 101 Å². The summed E-state index contributed by atoms with van der Waals surface area (Å²) in [6.45, 7) is 8.58. The molecule has 1 aromatic heterocycles. The van der Waals surface area contributed by atoms with Crippen molar-refractivity contribution in [3.63, 3.8) is 0 Å². The Morgan fingerprint density at radius 2 is 1.90 bits per heavy atom. The Bertz CT molecular complexity index is 1300. The lowest BCUT2D eigenvalue weighted by molar-refractivity contribution is -0.205. The SMILES string of the molecule is CCC12CC(C)(O)C(O)(c3ccccc3)CC1CCc1cc(OCc3noc(CCN4CCOCC4)n3)ccc12. The summed E-state index contributed by atoms with van der Waals surface area (Å²) < 4.78 is 17.0. The van der Waals surface area contributed by atoms with Gasteiger partial charge in [0, 0.05) is 31.5 Å². The zero-order chi connectivity index (χ0) is 27.8. The van der Waals surface area contributed by atoms with Crippen molar-refractivity contribution in [2.45, 2.75) is 75.6 Å². The summed E-state index contributed by atoms with van der Waals surface area (Å²) in [5.74, 6) is 2.23. The van der Waals surface area contributed by atoms with Crippen LogP contribution >= 0.6 is 0 Å². The zero-order valence-electron chi connectivity index (χ0n) is 23.6.